The number of piperidine rings is 1. The van der Waals surface area contributed by atoms with Crippen LogP contribution < -0.4 is 0 Å². The lowest BCUT2D eigenvalue weighted by atomic mass is 9.93. The normalized spacial score (nSPS) is 16.0. The second kappa shape index (κ2) is 6.73. The maximum absolute atomic E-state index is 12.4. The van der Waals surface area contributed by atoms with Crippen LogP contribution in [0, 0.1) is 0 Å². The van der Waals surface area contributed by atoms with Crippen LogP contribution in [0.25, 0.3) is 0 Å². The van der Waals surface area contributed by atoms with Gasteiger partial charge in [0, 0.05) is 42.8 Å². The van der Waals surface area contributed by atoms with E-state index in [4.69, 9.17) is 0 Å². The lowest BCUT2D eigenvalue weighted by Crippen LogP contribution is -2.39. The number of hydrogen-bond acceptors (Lipinski definition) is 3. The summed E-state index contributed by atoms with van der Waals surface area (Å²) < 4.78 is 0. The number of likely N-dealkylation sites (tertiary alicyclic amines) is 1. The van der Waals surface area contributed by atoms with Gasteiger partial charge in [-0.25, -0.2) is 0 Å². The number of H-pyrrole nitrogens is 1. The number of nitrogens with zero attached hydrogens (tertiary/aromatic N) is 3. The van der Waals surface area contributed by atoms with Gasteiger partial charge in [-0.2, -0.15) is 5.10 Å². The molecular formula is C17H22N4O. The minimum Gasteiger partial charge on any atom is -0.342 e. The number of carbonyl (C=O) groups excluding carboxylic acids is 1. The zero-order valence-electron chi connectivity index (χ0n) is 13.0. The highest BCUT2D eigenvalue weighted by Gasteiger charge is 2.24. The molecular weight excluding hydrogens is 276 g/mol. The third-order valence-corrected chi connectivity index (χ3v) is 4.44. The molecule has 2 aromatic rings. The largest absolute Gasteiger partial charge is 0.342 e. The number of nitrogens with one attached hydrogen (secondary N) is 1. The van der Waals surface area contributed by atoms with Crippen LogP contribution in [-0.2, 0) is 17.6 Å². The summed E-state index contributed by atoms with van der Waals surface area (Å²) in [7, 11) is 0. The van der Waals surface area contributed by atoms with E-state index in [1.54, 1.807) is 6.20 Å². The van der Waals surface area contributed by atoms with Crippen LogP contribution in [0.15, 0.2) is 30.6 Å². The van der Waals surface area contributed by atoms with Crippen molar-refractivity contribution < 1.29 is 4.79 Å². The van der Waals surface area contributed by atoms with Crippen LogP contribution >= 0.6 is 0 Å². The van der Waals surface area contributed by atoms with E-state index in [1.807, 2.05) is 23.2 Å². The minimum absolute atomic E-state index is 0.180. The Kier molecular flexibility index (Phi) is 4.51. The Bertz CT molecular complexity index is 598. The summed E-state index contributed by atoms with van der Waals surface area (Å²) in [6.07, 6.45) is 7.03. The van der Waals surface area contributed by atoms with Crippen molar-refractivity contribution in [2.45, 2.75) is 38.5 Å². The molecule has 5 nitrogen and oxygen atoms in total. The number of hydrogen-bond donors (Lipinski definition) is 1. The maximum Gasteiger partial charge on any atom is 0.228 e. The maximum atomic E-state index is 12.4. The zero-order valence-corrected chi connectivity index (χ0v) is 13.0. The second-order valence-electron chi connectivity index (χ2n) is 5.86. The number of amides is 1. The zero-order chi connectivity index (χ0) is 15.4. The van der Waals surface area contributed by atoms with E-state index in [0.717, 1.165) is 38.0 Å². The highest BCUT2D eigenvalue weighted by atomic mass is 16.2. The molecule has 0 aliphatic carbocycles. The van der Waals surface area contributed by atoms with Gasteiger partial charge in [0.25, 0.3) is 0 Å². The lowest BCUT2D eigenvalue weighted by molar-refractivity contribution is -0.131. The first kappa shape index (κ1) is 14.8. The van der Waals surface area contributed by atoms with Crippen molar-refractivity contribution in [2.24, 2.45) is 0 Å². The third-order valence-electron chi connectivity index (χ3n) is 4.44. The van der Waals surface area contributed by atoms with Crippen molar-refractivity contribution in [3.63, 3.8) is 0 Å². The van der Waals surface area contributed by atoms with Crippen molar-refractivity contribution in [3.05, 3.63) is 47.5 Å². The fourth-order valence-electron chi connectivity index (χ4n) is 2.97. The van der Waals surface area contributed by atoms with Crippen LogP contribution in [-0.4, -0.2) is 39.1 Å². The molecule has 0 aromatic carbocycles. The highest BCUT2D eigenvalue weighted by molar-refractivity contribution is 5.78. The van der Waals surface area contributed by atoms with E-state index >= 15 is 0 Å². The van der Waals surface area contributed by atoms with Crippen molar-refractivity contribution in [1.82, 2.24) is 20.1 Å². The molecule has 1 saturated heterocycles. The Morgan fingerprint density at radius 1 is 1.32 bits per heavy atom. The Balaban J connectivity index is 1.53. The molecule has 0 atom stereocenters. The molecule has 1 aliphatic heterocycles. The molecule has 1 N–H and O–H groups in total. The first-order valence-electron chi connectivity index (χ1n) is 7.97. The van der Waals surface area contributed by atoms with E-state index in [0.29, 0.717) is 12.3 Å². The molecule has 2 aromatic heterocycles. The molecule has 1 fully saturated rings. The summed E-state index contributed by atoms with van der Waals surface area (Å²) in [4.78, 5) is 18.7. The number of pyridine rings is 1. The molecule has 0 bridgehead atoms. The molecule has 0 saturated carbocycles. The number of aromatic nitrogens is 3. The van der Waals surface area contributed by atoms with Crippen molar-refractivity contribution in [2.75, 3.05) is 13.1 Å². The Labute approximate surface area is 130 Å². The molecule has 0 spiro atoms. The first-order chi connectivity index (χ1) is 10.8. The first-order valence-corrected chi connectivity index (χ1v) is 7.97. The summed E-state index contributed by atoms with van der Waals surface area (Å²) in [6, 6.07) is 6.05. The molecule has 1 aliphatic rings. The van der Waals surface area contributed by atoms with Gasteiger partial charge in [-0.05, 0) is 37.0 Å². The fourth-order valence-corrected chi connectivity index (χ4v) is 2.97. The van der Waals surface area contributed by atoms with Crippen molar-refractivity contribution >= 4 is 5.91 Å². The molecule has 0 unspecified atom stereocenters. The smallest absolute Gasteiger partial charge is 0.228 e. The van der Waals surface area contributed by atoms with E-state index < -0.39 is 0 Å². The quantitative estimate of drug-likeness (QED) is 0.942. The van der Waals surface area contributed by atoms with Crippen molar-refractivity contribution in [1.29, 1.82) is 0 Å². The molecule has 3 rings (SSSR count). The number of aromatic amines is 1. The SMILES string of the molecule is CCc1ccc(CC(=O)N2CCC(c3ccn[nH]3)CC2)nc1. The van der Waals surface area contributed by atoms with E-state index in [-0.39, 0.29) is 5.91 Å². The van der Waals surface area contributed by atoms with Gasteiger partial charge in [-0.15, -0.1) is 0 Å². The summed E-state index contributed by atoms with van der Waals surface area (Å²) in [5.74, 6) is 0.674. The molecule has 3 heterocycles. The van der Waals surface area contributed by atoms with Gasteiger partial charge in [-0.3, -0.25) is 14.9 Å². The van der Waals surface area contributed by atoms with Gasteiger partial charge >= 0.3 is 0 Å². The standard InChI is InChI=1S/C17H22N4O/c1-2-13-3-4-15(18-12-13)11-17(22)21-9-6-14(7-10-21)16-5-8-19-20-16/h3-5,8,12,14H,2,6-7,9-11H2,1H3,(H,19,20). The lowest BCUT2D eigenvalue weighted by Gasteiger charge is -2.31. The van der Waals surface area contributed by atoms with Gasteiger partial charge < -0.3 is 4.90 Å². The van der Waals surface area contributed by atoms with E-state index in [2.05, 4.69) is 28.2 Å². The molecule has 0 radical (unpaired) electrons. The average molecular weight is 298 g/mol. The Hall–Kier alpha value is -2.17. The van der Waals surface area contributed by atoms with Crippen LogP contribution in [0.2, 0.25) is 0 Å². The molecule has 1 amide bonds. The molecule has 116 valence electrons. The van der Waals surface area contributed by atoms with Gasteiger partial charge in [-0.1, -0.05) is 13.0 Å². The van der Waals surface area contributed by atoms with E-state index in [9.17, 15) is 4.79 Å². The molecule has 22 heavy (non-hydrogen) atoms. The predicted molar refractivity (Wildman–Crippen MR) is 84.5 cm³/mol. The summed E-state index contributed by atoms with van der Waals surface area (Å²) in [5, 5.41) is 7.05. The fraction of sp³-hybridized carbons (Fsp3) is 0.471. The molecule has 5 heteroatoms. The van der Waals surface area contributed by atoms with Gasteiger partial charge in [0.1, 0.15) is 0 Å². The van der Waals surface area contributed by atoms with Crippen LogP contribution in [0.5, 0.6) is 0 Å². The highest BCUT2D eigenvalue weighted by Crippen LogP contribution is 2.26. The predicted octanol–water partition coefficient (Wildman–Crippen LogP) is 2.32. The van der Waals surface area contributed by atoms with E-state index in [1.165, 1.54) is 11.3 Å². The second-order valence-corrected chi connectivity index (χ2v) is 5.86. The van der Waals surface area contributed by atoms with Gasteiger partial charge in [0.05, 0.1) is 6.42 Å². The van der Waals surface area contributed by atoms with Gasteiger partial charge in [0.15, 0.2) is 0 Å². The van der Waals surface area contributed by atoms with Crippen LogP contribution in [0.1, 0.15) is 42.6 Å². The monoisotopic (exact) mass is 298 g/mol. The van der Waals surface area contributed by atoms with Crippen LogP contribution in [0.4, 0.5) is 0 Å². The summed E-state index contributed by atoms with van der Waals surface area (Å²) >= 11 is 0. The third kappa shape index (κ3) is 3.35. The number of carbonyl (C=O) groups is 1. The topological polar surface area (TPSA) is 61.9 Å². The van der Waals surface area contributed by atoms with Gasteiger partial charge in [0.2, 0.25) is 5.91 Å². The summed E-state index contributed by atoms with van der Waals surface area (Å²) in [6.45, 7) is 3.73. The number of rotatable bonds is 4. The minimum atomic E-state index is 0.180. The summed E-state index contributed by atoms with van der Waals surface area (Å²) in [5.41, 5.74) is 3.25. The van der Waals surface area contributed by atoms with Crippen molar-refractivity contribution in [3.8, 4) is 0 Å². The van der Waals surface area contributed by atoms with Crippen LogP contribution in [0.3, 0.4) is 0 Å². The Morgan fingerprint density at radius 2 is 2.14 bits per heavy atom. The number of aryl methyl sites for hydroxylation is 1. The average Bonchev–Trinajstić information content (AvgIpc) is 3.10. The Morgan fingerprint density at radius 3 is 2.73 bits per heavy atom.